The minimum atomic E-state index is -0.557. The fourth-order valence-electron chi connectivity index (χ4n) is 0.403. The van der Waals surface area contributed by atoms with Gasteiger partial charge in [-0.3, -0.25) is 9.59 Å². The smallest absolute Gasteiger partial charge is 0.325 e. The summed E-state index contributed by atoms with van der Waals surface area (Å²) in [6.45, 7) is -0.537. The summed E-state index contributed by atoms with van der Waals surface area (Å²) < 4.78 is 4.24. The Morgan fingerprint density at radius 2 is 2.25 bits per heavy atom. The highest BCUT2D eigenvalue weighted by atomic mass is 16.5. The minimum absolute atomic E-state index is 0.219. The highest BCUT2D eigenvalue weighted by Gasteiger charge is 2.03. The molecule has 6 nitrogen and oxygen atoms in total. The van der Waals surface area contributed by atoms with Crippen LogP contribution in [0.15, 0.2) is 4.99 Å². The van der Waals surface area contributed by atoms with E-state index in [0.717, 1.165) is 0 Å². The van der Waals surface area contributed by atoms with Gasteiger partial charge in [0.05, 0.1) is 7.11 Å². The maximum atomic E-state index is 10.6. The van der Waals surface area contributed by atoms with Gasteiger partial charge in [0.1, 0.15) is 13.1 Å². The molecule has 0 saturated carbocycles. The Kier molecular flexibility index (Phi) is 5.21. The predicted molar refractivity (Wildman–Crippen MR) is 38.0 cm³/mol. The Morgan fingerprint density at radius 3 is 2.75 bits per heavy atom. The van der Waals surface area contributed by atoms with Crippen LogP contribution in [-0.2, 0) is 19.1 Å². The molecular formula is C6H8N2O4. The normalized spacial score (nSPS) is 8.08. The topological polar surface area (TPSA) is 84.8 Å². The van der Waals surface area contributed by atoms with Gasteiger partial charge in [0.15, 0.2) is 0 Å². The van der Waals surface area contributed by atoms with Crippen molar-refractivity contribution in [1.29, 1.82) is 0 Å². The lowest BCUT2D eigenvalue weighted by atomic mass is 10.5. The van der Waals surface area contributed by atoms with Gasteiger partial charge in [-0.15, -0.1) is 0 Å². The van der Waals surface area contributed by atoms with Crippen LogP contribution in [0.5, 0.6) is 0 Å². The Morgan fingerprint density at radius 1 is 1.58 bits per heavy atom. The van der Waals surface area contributed by atoms with Crippen LogP contribution in [0.3, 0.4) is 0 Å². The van der Waals surface area contributed by atoms with Crippen molar-refractivity contribution in [3.63, 3.8) is 0 Å². The number of nitrogens with one attached hydrogen (secondary N) is 1. The van der Waals surface area contributed by atoms with Gasteiger partial charge in [-0.25, -0.2) is 4.79 Å². The highest BCUT2D eigenvalue weighted by Crippen LogP contribution is 1.72. The molecule has 0 saturated heterocycles. The monoisotopic (exact) mass is 172 g/mol. The van der Waals surface area contributed by atoms with Crippen molar-refractivity contribution in [3.8, 4) is 0 Å². The summed E-state index contributed by atoms with van der Waals surface area (Å²) in [4.78, 5) is 33.6. The standard InChI is InChI=1S/C6H8N2O4/c1-12-6(11)3-8-5(10)2-7-4-9/h2-3H2,1H3,(H,8,10). The number of isocyanates is 1. The van der Waals surface area contributed by atoms with Crippen LogP contribution in [0.1, 0.15) is 0 Å². The molecule has 0 bridgehead atoms. The fourth-order valence-corrected chi connectivity index (χ4v) is 0.403. The highest BCUT2D eigenvalue weighted by molar-refractivity contribution is 5.83. The number of hydrogen-bond acceptors (Lipinski definition) is 5. The third kappa shape index (κ3) is 5.13. The number of methoxy groups -OCH3 is 1. The number of aliphatic imine (C=N–C) groups is 1. The first kappa shape index (κ1) is 10.3. The van der Waals surface area contributed by atoms with Gasteiger partial charge < -0.3 is 10.1 Å². The molecular weight excluding hydrogens is 164 g/mol. The average Bonchev–Trinajstić information content (AvgIpc) is 2.10. The summed E-state index contributed by atoms with van der Waals surface area (Å²) in [7, 11) is 1.21. The number of esters is 1. The van der Waals surface area contributed by atoms with E-state index in [0.29, 0.717) is 0 Å². The number of nitrogens with zero attached hydrogens (tertiary/aromatic N) is 1. The maximum absolute atomic E-state index is 10.6. The predicted octanol–water partition coefficient (Wildman–Crippen LogP) is -1.39. The minimum Gasteiger partial charge on any atom is -0.468 e. The van der Waals surface area contributed by atoms with Crippen LogP contribution >= 0.6 is 0 Å². The number of carbonyl (C=O) groups excluding carboxylic acids is 3. The van der Waals surface area contributed by atoms with E-state index >= 15 is 0 Å². The second-order valence-corrected chi connectivity index (χ2v) is 1.76. The van der Waals surface area contributed by atoms with Gasteiger partial charge in [-0.05, 0) is 0 Å². The molecule has 0 aliphatic heterocycles. The lowest BCUT2D eigenvalue weighted by Gasteiger charge is -1.99. The number of rotatable bonds is 4. The van der Waals surface area contributed by atoms with Crippen molar-refractivity contribution < 1.29 is 19.1 Å². The first-order chi connectivity index (χ1) is 5.70. The summed E-state index contributed by atoms with van der Waals surface area (Å²) in [5, 5.41) is 2.18. The largest absolute Gasteiger partial charge is 0.468 e. The molecule has 6 heteroatoms. The molecule has 66 valence electrons. The molecule has 0 unspecified atom stereocenters. The van der Waals surface area contributed by atoms with Gasteiger partial charge in [0, 0.05) is 0 Å². The van der Waals surface area contributed by atoms with Crippen molar-refractivity contribution in [2.45, 2.75) is 0 Å². The number of ether oxygens (including phenoxy) is 1. The molecule has 12 heavy (non-hydrogen) atoms. The fraction of sp³-hybridized carbons (Fsp3) is 0.500. The Bertz CT molecular complexity index is 220. The van der Waals surface area contributed by atoms with E-state index in [9.17, 15) is 14.4 Å². The van der Waals surface area contributed by atoms with E-state index in [4.69, 9.17) is 0 Å². The number of hydrogen-bond donors (Lipinski definition) is 1. The van der Waals surface area contributed by atoms with Gasteiger partial charge in [-0.1, -0.05) is 0 Å². The van der Waals surface area contributed by atoms with E-state index < -0.39 is 11.9 Å². The summed E-state index contributed by atoms with van der Waals surface area (Å²) in [6.07, 6.45) is 1.20. The average molecular weight is 172 g/mol. The Balaban J connectivity index is 3.57. The van der Waals surface area contributed by atoms with Crippen molar-refractivity contribution in [3.05, 3.63) is 0 Å². The summed E-state index contributed by atoms with van der Waals surface area (Å²) in [5.74, 6) is -1.08. The molecule has 0 radical (unpaired) electrons. The zero-order valence-electron chi connectivity index (χ0n) is 6.49. The van der Waals surface area contributed by atoms with E-state index in [1.807, 2.05) is 0 Å². The molecule has 0 atom stereocenters. The maximum Gasteiger partial charge on any atom is 0.325 e. The molecule has 0 fully saturated rings. The molecule has 0 aromatic heterocycles. The van der Waals surface area contributed by atoms with Crippen LogP contribution in [0.25, 0.3) is 0 Å². The second-order valence-electron chi connectivity index (χ2n) is 1.76. The zero-order valence-corrected chi connectivity index (χ0v) is 6.49. The third-order valence-electron chi connectivity index (χ3n) is 0.945. The molecule has 0 aliphatic rings. The van der Waals surface area contributed by atoms with Gasteiger partial charge in [0.2, 0.25) is 12.0 Å². The van der Waals surface area contributed by atoms with Crippen LogP contribution in [0, 0.1) is 0 Å². The lowest BCUT2D eigenvalue weighted by molar-refractivity contribution is -0.141. The zero-order chi connectivity index (χ0) is 9.40. The van der Waals surface area contributed by atoms with Crippen molar-refractivity contribution in [2.24, 2.45) is 4.99 Å². The third-order valence-corrected chi connectivity index (χ3v) is 0.945. The molecule has 0 aromatic rings. The molecule has 1 amide bonds. The van der Waals surface area contributed by atoms with Crippen molar-refractivity contribution >= 4 is 18.0 Å². The number of carbonyl (C=O) groups is 2. The van der Waals surface area contributed by atoms with Gasteiger partial charge >= 0.3 is 5.97 Å². The molecule has 0 aromatic carbocycles. The van der Waals surface area contributed by atoms with Crippen molar-refractivity contribution in [1.82, 2.24) is 5.32 Å². The van der Waals surface area contributed by atoms with Crippen LogP contribution in [0.2, 0.25) is 0 Å². The first-order valence-electron chi connectivity index (χ1n) is 3.08. The Labute approximate surface area is 68.6 Å². The summed E-state index contributed by atoms with van der Waals surface area (Å²) >= 11 is 0. The van der Waals surface area contributed by atoms with E-state index in [-0.39, 0.29) is 13.1 Å². The molecule has 0 spiro atoms. The van der Waals surface area contributed by atoms with E-state index in [1.54, 1.807) is 0 Å². The Hall–Kier alpha value is -1.68. The SMILES string of the molecule is COC(=O)CNC(=O)CN=C=O. The number of amides is 1. The van der Waals surface area contributed by atoms with Crippen LogP contribution < -0.4 is 5.32 Å². The first-order valence-corrected chi connectivity index (χ1v) is 3.08. The molecule has 1 N–H and O–H groups in total. The van der Waals surface area contributed by atoms with Gasteiger partial charge in [-0.2, -0.15) is 4.99 Å². The molecule has 0 rings (SSSR count). The van der Waals surface area contributed by atoms with Crippen molar-refractivity contribution in [2.75, 3.05) is 20.2 Å². The molecule has 0 heterocycles. The lowest BCUT2D eigenvalue weighted by Crippen LogP contribution is -2.31. The summed E-state index contributed by atoms with van der Waals surface area (Å²) in [5.41, 5.74) is 0. The quantitative estimate of drug-likeness (QED) is 0.321. The van der Waals surface area contributed by atoms with Crippen LogP contribution in [-0.4, -0.2) is 38.2 Å². The van der Waals surface area contributed by atoms with E-state index in [2.05, 4.69) is 15.0 Å². The second kappa shape index (κ2) is 6.06. The van der Waals surface area contributed by atoms with E-state index in [1.165, 1.54) is 13.2 Å². The summed E-state index contributed by atoms with van der Waals surface area (Å²) in [6, 6.07) is 0. The van der Waals surface area contributed by atoms with Crippen LogP contribution in [0.4, 0.5) is 0 Å². The molecule has 0 aliphatic carbocycles. The van der Waals surface area contributed by atoms with Gasteiger partial charge in [0.25, 0.3) is 0 Å².